The second-order valence-corrected chi connectivity index (χ2v) is 2.47. The summed E-state index contributed by atoms with van der Waals surface area (Å²) in [6, 6.07) is 0. The highest BCUT2D eigenvalue weighted by molar-refractivity contribution is 5.60. The van der Waals surface area contributed by atoms with Crippen molar-refractivity contribution in [3.8, 4) is 0 Å². The first kappa shape index (κ1) is 10.2. The first-order valence-corrected chi connectivity index (χ1v) is 3.76. The molecule has 0 aromatic heterocycles. The molecule has 64 valence electrons. The summed E-state index contributed by atoms with van der Waals surface area (Å²) >= 11 is 0. The number of ether oxygens (including phenoxy) is 1. The maximum atomic E-state index is 11.2. The van der Waals surface area contributed by atoms with Crippen LogP contribution >= 0.6 is 0 Å². The zero-order valence-corrected chi connectivity index (χ0v) is 7.46. The Kier molecular flexibility index (Phi) is 3.82. The molecule has 0 rings (SSSR count). The van der Waals surface area contributed by atoms with Gasteiger partial charge in [0.05, 0.1) is 26.4 Å². The van der Waals surface area contributed by atoms with Gasteiger partial charge in [-0.1, -0.05) is 0 Å². The molecule has 3 heteroatoms. The summed E-state index contributed by atoms with van der Waals surface area (Å²) in [4.78, 5) is 11.2. The van der Waals surface area contributed by atoms with E-state index in [0.717, 1.165) is 0 Å². The lowest BCUT2D eigenvalue weighted by Crippen LogP contribution is -2.44. The van der Waals surface area contributed by atoms with Crippen LogP contribution in [0.2, 0.25) is 0 Å². The van der Waals surface area contributed by atoms with Crippen molar-refractivity contribution in [1.82, 2.24) is 0 Å². The molecule has 0 aliphatic carbocycles. The molecule has 0 aliphatic rings. The SMILES string of the molecule is C=C[N+](C)(CC)C(=O)OCC. The smallest absolute Gasteiger partial charge is 0.420 e. The van der Waals surface area contributed by atoms with Crippen LogP contribution in [-0.2, 0) is 4.74 Å². The van der Waals surface area contributed by atoms with Crippen LogP contribution < -0.4 is 0 Å². The molecule has 0 radical (unpaired) electrons. The van der Waals surface area contributed by atoms with Gasteiger partial charge in [-0.3, -0.25) is 0 Å². The number of carbonyl (C=O) groups excluding carboxylic acids is 1. The predicted octanol–water partition coefficient (Wildman–Crippen LogP) is 1.75. The van der Waals surface area contributed by atoms with E-state index in [4.69, 9.17) is 4.74 Å². The summed E-state index contributed by atoms with van der Waals surface area (Å²) < 4.78 is 4.98. The molecule has 0 heterocycles. The van der Waals surface area contributed by atoms with Crippen molar-refractivity contribution < 1.29 is 14.0 Å². The molecule has 0 saturated carbocycles. The summed E-state index contributed by atoms with van der Waals surface area (Å²) in [7, 11) is 1.77. The minimum absolute atomic E-state index is 0.133. The lowest BCUT2D eigenvalue weighted by molar-refractivity contribution is -0.782. The van der Waals surface area contributed by atoms with Crippen molar-refractivity contribution in [3.05, 3.63) is 12.8 Å². The molecule has 0 saturated heterocycles. The topological polar surface area (TPSA) is 26.3 Å². The van der Waals surface area contributed by atoms with E-state index in [1.807, 2.05) is 6.92 Å². The van der Waals surface area contributed by atoms with Gasteiger partial charge >= 0.3 is 6.09 Å². The number of rotatable bonds is 3. The van der Waals surface area contributed by atoms with Gasteiger partial charge in [0, 0.05) is 0 Å². The lowest BCUT2D eigenvalue weighted by Gasteiger charge is -2.23. The van der Waals surface area contributed by atoms with Crippen molar-refractivity contribution in [2.75, 3.05) is 20.2 Å². The van der Waals surface area contributed by atoms with Crippen LogP contribution in [0, 0.1) is 0 Å². The van der Waals surface area contributed by atoms with Crippen molar-refractivity contribution in [2.24, 2.45) is 0 Å². The summed E-state index contributed by atoms with van der Waals surface area (Å²) in [6.45, 7) is 8.37. The van der Waals surface area contributed by atoms with Gasteiger partial charge in [0.15, 0.2) is 0 Å². The van der Waals surface area contributed by atoms with E-state index in [9.17, 15) is 4.79 Å². The molecular weight excluding hydrogens is 142 g/mol. The molecule has 1 amide bonds. The first-order valence-electron chi connectivity index (χ1n) is 3.76. The van der Waals surface area contributed by atoms with Crippen LogP contribution in [0.25, 0.3) is 0 Å². The van der Waals surface area contributed by atoms with E-state index < -0.39 is 0 Å². The van der Waals surface area contributed by atoms with Crippen LogP contribution in [0.15, 0.2) is 12.8 Å². The van der Waals surface area contributed by atoms with Gasteiger partial charge < -0.3 is 4.74 Å². The van der Waals surface area contributed by atoms with Crippen LogP contribution in [0.5, 0.6) is 0 Å². The Morgan fingerprint density at radius 2 is 2.18 bits per heavy atom. The van der Waals surface area contributed by atoms with Gasteiger partial charge in [-0.05, 0) is 20.4 Å². The van der Waals surface area contributed by atoms with Crippen LogP contribution in [0.1, 0.15) is 13.8 Å². The fourth-order valence-corrected chi connectivity index (χ4v) is 0.604. The molecule has 0 spiro atoms. The molecule has 3 nitrogen and oxygen atoms in total. The van der Waals surface area contributed by atoms with Crippen molar-refractivity contribution >= 4 is 6.09 Å². The zero-order chi connectivity index (χ0) is 8.91. The Hall–Kier alpha value is -0.830. The Bertz CT molecular complexity index is 156. The monoisotopic (exact) mass is 158 g/mol. The average molecular weight is 158 g/mol. The number of carbonyl (C=O) groups is 1. The predicted molar refractivity (Wildman–Crippen MR) is 43.9 cm³/mol. The van der Waals surface area contributed by atoms with E-state index in [2.05, 4.69) is 6.58 Å². The summed E-state index contributed by atoms with van der Waals surface area (Å²) in [5, 5.41) is 0. The quantitative estimate of drug-likeness (QED) is 0.585. The highest BCUT2D eigenvalue weighted by Gasteiger charge is 2.28. The molecule has 1 atom stereocenters. The maximum absolute atomic E-state index is 11.2. The van der Waals surface area contributed by atoms with Crippen LogP contribution in [0.4, 0.5) is 4.79 Å². The average Bonchev–Trinajstić information content (AvgIpc) is 2.03. The Labute approximate surface area is 67.8 Å². The molecule has 0 aromatic rings. The van der Waals surface area contributed by atoms with E-state index in [1.54, 1.807) is 20.2 Å². The number of hydrogen-bond donors (Lipinski definition) is 0. The summed E-state index contributed by atoms with van der Waals surface area (Å²) in [5.41, 5.74) is 0. The molecule has 11 heavy (non-hydrogen) atoms. The van der Waals surface area contributed by atoms with Gasteiger partial charge in [-0.2, -0.15) is 9.28 Å². The molecule has 0 fully saturated rings. The Balaban J connectivity index is 4.24. The van der Waals surface area contributed by atoms with Gasteiger partial charge in [0.2, 0.25) is 0 Å². The number of amides is 1. The minimum Gasteiger partial charge on any atom is -0.420 e. The molecule has 1 unspecified atom stereocenters. The second kappa shape index (κ2) is 4.13. The summed E-state index contributed by atoms with van der Waals surface area (Å²) in [5.74, 6) is 0. The van der Waals surface area contributed by atoms with Crippen molar-refractivity contribution in [1.29, 1.82) is 0 Å². The Morgan fingerprint density at radius 1 is 1.64 bits per heavy atom. The lowest BCUT2D eigenvalue weighted by atomic mass is 10.5. The molecule has 0 aliphatic heterocycles. The maximum Gasteiger partial charge on any atom is 0.520 e. The molecule has 0 N–H and O–H groups in total. The van der Waals surface area contributed by atoms with Crippen LogP contribution in [0.3, 0.4) is 0 Å². The fourth-order valence-electron chi connectivity index (χ4n) is 0.604. The molecule has 0 bridgehead atoms. The third kappa shape index (κ3) is 2.35. The molecular formula is C8H16NO2+. The largest absolute Gasteiger partial charge is 0.520 e. The van der Waals surface area contributed by atoms with Crippen LogP contribution in [-0.4, -0.2) is 30.8 Å². The highest BCUT2D eigenvalue weighted by Crippen LogP contribution is 2.05. The van der Waals surface area contributed by atoms with Gasteiger partial charge in [-0.25, -0.2) is 0 Å². The third-order valence-electron chi connectivity index (χ3n) is 1.74. The standard InChI is InChI=1S/C8H16NO2/c1-5-9(4,6-2)8(10)11-7-3/h5H,1,6-7H2,2-4H3/q+1. The van der Waals surface area contributed by atoms with E-state index in [1.165, 1.54) is 0 Å². The van der Waals surface area contributed by atoms with E-state index in [0.29, 0.717) is 13.2 Å². The molecule has 0 aromatic carbocycles. The normalized spacial score (nSPS) is 15.2. The summed E-state index contributed by atoms with van der Waals surface area (Å²) in [6.07, 6.45) is 1.34. The van der Waals surface area contributed by atoms with Gasteiger partial charge in [0.25, 0.3) is 0 Å². The third-order valence-corrected chi connectivity index (χ3v) is 1.74. The first-order chi connectivity index (χ1) is 5.10. The van der Waals surface area contributed by atoms with E-state index in [-0.39, 0.29) is 10.6 Å². The van der Waals surface area contributed by atoms with E-state index >= 15 is 0 Å². The minimum atomic E-state index is -0.245. The van der Waals surface area contributed by atoms with Gasteiger partial charge in [0.1, 0.15) is 0 Å². The number of hydrogen-bond acceptors (Lipinski definition) is 2. The fraction of sp³-hybridized carbons (Fsp3) is 0.625. The highest BCUT2D eigenvalue weighted by atomic mass is 16.6. The zero-order valence-electron chi connectivity index (χ0n) is 7.46. The second-order valence-electron chi connectivity index (χ2n) is 2.47. The number of nitrogens with zero attached hydrogens (tertiary/aromatic N) is 1. The van der Waals surface area contributed by atoms with Crippen molar-refractivity contribution in [3.63, 3.8) is 0 Å². The van der Waals surface area contributed by atoms with Crippen molar-refractivity contribution in [2.45, 2.75) is 13.8 Å². The number of quaternary nitrogens is 1. The van der Waals surface area contributed by atoms with Gasteiger partial charge in [-0.15, -0.1) is 0 Å². The Morgan fingerprint density at radius 3 is 2.45 bits per heavy atom.